The summed E-state index contributed by atoms with van der Waals surface area (Å²) in [4.78, 5) is 31.9. The van der Waals surface area contributed by atoms with E-state index in [2.05, 4.69) is 22.4 Å². The summed E-state index contributed by atoms with van der Waals surface area (Å²) in [6.07, 6.45) is 6.25. The number of hydrogen-bond donors (Lipinski definition) is 1. The van der Waals surface area contributed by atoms with Crippen LogP contribution in [-0.2, 0) is 17.6 Å². The number of amides is 2. The molecule has 0 radical (unpaired) electrons. The van der Waals surface area contributed by atoms with Crippen molar-refractivity contribution in [1.29, 1.82) is 0 Å². The van der Waals surface area contributed by atoms with Gasteiger partial charge in [-0.15, -0.1) is 0 Å². The van der Waals surface area contributed by atoms with Gasteiger partial charge in [-0.05, 0) is 80.8 Å². The number of hydrogen-bond acceptors (Lipinski definition) is 3. The molecule has 1 fully saturated rings. The number of aryl methyl sites for hydroxylation is 3. The van der Waals surface area contributed by atoms with Gasteiger partial charge in [0.05, 0.1) is 5.92 Å². The van der Waals surface area contributed by atoms with Crippen LogP contribution in [0.15, 0.2) is 36.4 Å². The molecule has 0 saturated carbocycles. The predicted octanol–water partition coefficient (Wildman–Crippen LogP) is 3.76. The minimum Gasteiger partial charge on any atom is -0.338 e. The molecular weight excluding hydrogens is 350 g/mol. The Balaban J connectivity index is 1.43. The molecule has 1 aliphatic carbocycles. The van der Waals surface area contributed by atoms with Crippen LogP contribution in [0.1, 0.15) is 52.9 Å². The largest absolute Gasteiger partial charge is 0.338 e. The van der Waals surface area contributed by atoms with Crippen molar-refractivity contribution >= 4 is 17.6 Å². The number of piperidine rings is 1. The van der Waals surface area contributed by atoms with Gasteiger partial charge in [-0.2, -0.15) is 0 Å². The second kappa shape index (κ2) is 8.13. The van der Waals surface area contributed by atoms with Gasteiger partial charge in [0.1, 0.15) is 5.82 Å². The predicted molar refractivity (Wildman–Crippen MR) is 109 cm³/mol. The molecule has 1 saturated heterocycles. The first-order valence-corrected chi connectivity index (χ1v) is 10.3. The average Bonchev–Trinajstić information content (AvgIpc) is 2.73. The SMILES string of the molecule is Cc1cccc(NC(=O)C2CCCN(C(=O)c3ccc4c(c3)CCCC4)C2)n1. The lowest BCUT2D eigenvalue weighted by molar-refractivity contribution is -0.121. The lowest BCUT2D eigenvalue weighted by atomic mass is 9.90. The zero-order valence-corrected chi connectivity index (χ0v) is 16.4. The molecule has 2 amide bonds. The minimum atomic E-state index is -0.197. The third-order valence-electron chi connectivity index (χ3n) is 5.81. The number of anilines is 1. The Morgan fingerprint density at radius 3 is 2.71 bits per heavy atom. The van der Waals surface area contributed by atoms with Crippen molar-refractivity contribution in [3.63, 3.8) is 0 Å². The van der Waals surface area contributed by atoms with Gasteiger partial charge in [0.25, 0.3) is 5.91 Å². The average molecular weight is 377 g/mol. The van der Waals surface area contributed by atoms with Gasteiger partial charge >= 0.3 is 0 Å². The number of pyridine rings is 1. The van der Waals surface area contributed by atoms with Crippen LogP contribution < -0.4 is 5.32 Å². The summed E-state index contributed by atoms with van der Waals surface area (Å²) < 4.78 is 0. The number of likely N-dealkylation sites (tertiary alicyclic amines) is 1. The Morgan fingerprint density at radius 1 is 1.07 bits per heavy atom. The number of nitrogens with one attached hydrogen (secondary N) is 1. The molecule has 1 aliphatic heterocycles. The molecule has 0 bridgehead atoms. The maximum atomic E-state index is 13.0. The fourth-order valence-electron chi connectivity index (χ4n) is 4.27. The van der Waals surface area contributed by atoms with Crippen molar-refractivity contribution in [3.8, 4) is 0 Å². The molecule has 0 spiro atoms. The van der Waals surface area contributed by atoms with E-state index < -0.39 is 0 Å². The van der Waals surface area contributed by atoms with E-state index >= 15 is 0 Å². The molecule has 2 aromatic rings. The van der Waals surface area contributed by atoms with Gasteiger partial charge in [-0.1, -0.05) is 12.1 Å². The summed E-state index contributed by atoms with van der Waals surface area (Å²) >= 11 is 0. The van der Waals surface area contributed by atoms with Crippen molar-refractivity contribution in [2.24, 2.45) is 5.92 Å². The second-order valence-corrected chi connectivity index (χ2v) is 7.93. The highest BCUT2D eigenvalue weighted by molar-refractivity contribution is 5.96. The summed E-state index contributed by atoms with van der Waals surface area (Å²) in [5.74, 6) is 0.362. The Kier molecular flexibility index (Phi) is 5.42. The molecule has 1 aromatic heterocycles. The summed E-state index contributed by atoms with van der Waals surface area (Å²) in [6.45, 7) is 3.07. The molecule has 5 nitrogen and oxygen atoms in total. The zero-order valence-electron chi connectivity index (χ0n) is 16.4. The third-order valence-corrected chi connectivity index (χ3v) is 5.81. The summed E-state index contributed by atoms with van der Waals surface area (Å²) in [6, 6.07) is 11.7. The standard InChI is InChI=1S/C23H27N3O2/c1-16-6-4-10-21(24-16)25-22(27)20-9-5-13-26(15-20)23(28)19-12-11-17-7-2-3-8-18(17)14-19/h4,6,10-12,14,20H,2-3,5,7-9,13,15H2,1H3,(H,24,25,27). The van der Waals surface area contributed by atoms with Crippen molar-refractivity contribution < 1.29 is 9.59 Å². The summed E-state index contributed by atoms with van der Waals surface area (Å²) in [5.41, 5.74) is 4.31. The lowest BCUT2D eigenvalue weighted by Gasteiger charge is -2.32. The van der Waals surface area contributed by atoms with Gasteiger partial charge in [-0.25, -0.2) is 4.98 Å². The maximum absolute atomic E-state index is 13.0. The molecule has 28 heavy (non-hydrogen) atoms. The maximum Gasteiger partial charge on any atom is 0.253 e. The Morgan fingerprint density at radius 2 is 1.89 bits per heavy atom. The second-order valence-electron chi connectivity index (χ2n) is 7.93. The molecule has 4 rings (SSSR count). The van der Waals surface area contributed by atoms with E-state index in [9.17, 15) is 9.59 Å². The Labute approximate surface area is 166 Å². The summed E-state index contributed by atoms with van der Waals surface area (Å²) in [7, 11) is 0. The molecule has 1 aromatic carbocycles. The van der Waals surface area contributed by atoms with E-state index in [1.165, 1.54) is 24.0 Å². The molecule has 2 aliphatic rings. The topological polar surface area (TPSA) is 62.3 Å². The zero-order chi connectivity index (χ0) is 19.5. The molecule has 1 atom stereocenters. The van der Waals surface area contributed by atoms with Crippen molar-refractivity contribution in [2.75, 3.05) is 18.4 Å². The van der Waals surface area contributed by atoms with Gasteiger partial charge < -0.3 is 10.2 Å². The monoisotopic (exact) mass is 377 g/mol. The first-order valence-electron chi connectivity index (χ1n) is 10.3. The number of rotatable bonds is 3. The van der Waals surface area contributed by atoms with Crippen molar-refractivity contribution in [3.05, 3.63) is 58.8 Å². The normalized spacial score (nSPS) is 19.0. The van der Waals surface area contributed by atoms with Crippen LogP contribution >= 0.6 is 0 Å². The van der Waals surface area contributed by atoms with Crippen LogP contribution in [0, 0.1) is 12.8 Å². The molecule has 146 valence electrons. The molecule has 2 heterocycles. The Hall–Kier alpha value is -2.69. The number of carbonyl (C=O) groups is 2. The van der Waals surface area contributed by atoms with E-state index in [-0.39, 0.29) is 17.7 Å². The van der Waals surface area contributed by atoms with Crippen LogP contribution in [0.4, 0.5) is 5.82 Å². The van der Waals surface area contributed by atoms with Crippen LogP contribution in [0.5, 0.6) is 0 Å². The van der Waals surface area contributed by atoms with E-state index in [0.29, 0.717) is 18.9 Å². The first kappa shape index (κ1) is 18.7. The van der Waals surface area contributed by atoms with E-state index in [4.69, 9.17) is 0 Å². The fraction of sp³-hybridized carbons (Fsp3) is 0.435. The molecule has 1 unspecified atom stereocenters. The molecule has 5 heteroatoms. The third kappa shape index (κ3) is 4.08. The van der Waals surface area contributed by atoms with Gasteiger partial charge in [0, 0.05) is 24.3 Å². The number of fused-ring (bicyclic) bond motifs is 1. The van der Waals surface area contributed by atoms with E-state index in [1.807, 2.05) is 30.0 Å². The van der Waals surface area contributed by atoms with Gasteiger partial charge in [0.2, 0.25) is 5.91 Å². The number of carbonyl (C=O) groups excluding carboxylic acids is 2. The summed E-state index contributed by atoms with van der Waals surface area (Å²) in [5, 5.41) is 2.90. The Bertz CT molecular complexity index is 893. The highest BCUT2D eigenvalue weighted by Crippen LogP contribution is 2.25. The van der Waals surface area contributed by atoms with Crippen LogP contribution in [0.25, 0.3) is 0 Å². The number of benzene rings is 1. The van der Waals surface area contributed by atoms with E-state index in [1.54, 1.807) is 6.07 Å². The first-order chi connectivity index (χ1) is 13.6. The molecular formula is C23H27N3O2. The van der Waals surface area contributed by atoms with Crippen LogP contribution in [-0.4, -0.2) is 34.8 Å². The lowest BCUT2D eigenvalue weighted by Crippen LogP contribution is -2.43. The number of aromatic nitrogens is 1. The van der Waals surface area contributed by atoms with Crippen LogP contribution in [0.2, 0.25) is 0 Å². The van der Waals surface area contributed by atoms with Gasteiger partial charge in [0.15, 0.2) is 0 Å². The molecule has 1 N–H and O–H groups in total. The number of nitrogens with zero attached hydrogens (tertiary/aromatic N) is 2. The minimum absolute atomic E-state index is 0.0413. The highest BCUT2D eigenvalue weighted by Gasteiger charge is 2.29. The van der Waals surface area contributed by atoms with Gasteiger partial charge in [-0.3, -0.25) is 9.59 Å². The van der Waals surface area contributed by atoms with E-state index in [0.717, 1.165) is 36.9 Å². The smallest absolute Gasteiger partial charge is 0.253 e. The quantitative estimate of drug-likeness (QED) is 0.886. The fourth-order valence-corrected chi connectivity index (χ4v) is 4.27. The van der Waals surface area contributed by atoms with Crippen molar-refractivity contribution in [2.45, 2.75) is 45.4 Å². The highest BCUT2D eigenvalue weighted by atomic mass is 16.2. The van der Waals surface area contributed by atoms with Crippen molar-refractivity contribution in [1.82, 2.24) is 9.88 Å². The van der Waals surface area contributed by atoms with Crippen LogP contribution in [0.3, 0.4) is 0 Å².